The Kier molecular flexibility index (Phi) is 1.98. The van der Waals surface area contributed by atoms with Gasteiger partial charge in [-0.3, -0.25) is 5.10 Å². The predicted octanol–water partition coefficient (Wildman–Crippen LogP) is 1.33. The van der Waals surface area contributed by atoms with Gasteiger partial charge >= 0.3 is 0 Å². The maximum atomic E-state index is 5.48. The average molecular weight is 185 g/mol. The van der Waals surface area contributed by atoms with Crippen LogP contribution in [0.5, 0.6) is 0 Å². The van der Waals surface area contributed by atoms with Crippen molar-refractivity contribution in [3.63, 3.8) is 0 Å². The van der Waals surface area contributed by atoms with Gasteiger partial charge in [0.1, 0.15) is 6.10 Å². The van der Waals surface area contributed by atoms with Gasteiger partial charge in [-0.1, -0.05) is 0 Å². The molecule has 0 radical (unpaired) electrons. The number of rotatable bonds is 1. The largest absolute Gasteiger partial charge is 0.370 e. The zero-order valence-electron chi connectivity index (χ0n) is 6.91. The Balaban J connectivity index is 2.32. The molecule has 0 saturated carbocycles. The van der Waals surface area contributed by atoms with Gasteiger partial charge < -0.3 is 9.30 Å². The van der Waals surface area contributed by atoms with Gasteiger partial charge in [0, 0.05) is 13.7 Å². The summed E-state index contributed by atoms with van der Waals surface area (Å²) in [5.74, 6) is 0.914. The van der Waals surface area contributed by atoms with E-state index in [0.29, 0.717) is 4.77 Å². The number of aromatic amines is 1. The van der Waals surface area contributed by atoms with Gasteiger partial charge in [-0.25, -0.2) is 0 Å². The third-order valence-electron chi connectivity index (χ3n) is 2.13. The summed E-state index contributed by atoms with van der Waals surface area (Å²) in [6.07, 6.45) is 2.31. The molecule has 1 aromatic heterocycles. The van der Waals surface area contributed by atoms with Gasteiger partial charge in [-0.05, 0) is 25.1 Å². The smallest absolute Gasteiger partial charge is 0.194 e. The third-order valence-corrected chi connectivity index (χ3v) is 2.50. The van der Waals surface area contributed by atoms with Crippen molar-refractivity contribution in [3.05, 3.63) is 10.6 Å². The highest BCUT2D eigenvalue weighted by atomic mass is 32.1. The van der Waals surface area contributed by atoms with Gasteiger partial charge in [-0.15, -0.1) is 0 Å². The summed E-state index contributed by atoms with van der Waals surface area (Å²) in [5, 5.41) is 6.87. The molecule has 1 N–H and O–H groups in total. The molecule has 66 valence electrons. The Morgan fingerprint density at radius 2 is 2.58 bits per heavy atom. The Morgan fingerprint density at radius 1 is 1.75 bits per heavy atom. The second-order valence-electron chi connectivity index (χ2n) is 2.95. The second kappa shape index (κ2) is 2.99. The maximum absolute atomic E-state index is 5.48. The number of aromatic nitrogens is 3. The minimum Gasteiger partial charge on any atom is -0.370 e. The van der Waals surface area contributed by atoms with Gasteiger partial charge in [0.2, 0.25) is 0 Å². The molecule has 1 saturated heterocycles. The van der Waals surface area contributed by atoms with E-state index in [9.17, 15) is 0 Å². The number of H-pyrrole nitrogens is 1. The standard InChI is InChI=1S/C7H11N3OS/c1-10-6(8-9-7(10)12)5-3-2-4-11-5/h5H,2-4H2,1H3,(H,9,12)/t5-/m1/s1. The normalized spacial score (nSPS) is 23.2. The Bertz CT molecular complexity index is 324. The van der Waals surface area contributed by atoms with E-state index in [1.807, 2.05) is 11.6 Å². The second-order valence-corrected chi connectivity index (χ2v) is 3.33. The van der Waals surface area contributed by atoms with E-state index >= 15 is 0 Å². The molecule has 1 fully saturated rings. The molecule has 2 heterocycles. The summed E-state index contributed by atoms with van der Waals surface area (Å²) in [7, 11) is 1.91. The fraction of sp³-hybridized carbons (Fsp3) is 0.714. The number of nitrogens with one attached hydrogen (secondary N) is 1. The fourth-order valence-corrected chi connectivity index (χ4v) is 1.57. The molecule has 2 rings (SSSR count). The van der Waals surface area contributed by atoms with Gasteiger partial charge in [0.05, 0.1) is 0 Å². The van der Waals surface area contributed by atoms with Crippen molar-refractivity contribution in [1.29, 1.82) is 0 Å². The molecule has 0 aromatic carbocycles. The van der Waals surface area contributed by atoms with E-state index in [4.69, 9.17) is 17.0 Å². The average Bonchev–Trinajstić information content (AvgIpc) is 2.64. The Morgan fingerprint density at radius 3 is 3.08 bits per heavy atom. The summed E-state index contributed by atoms with van der Waals surface area (Å²) < 4.78 is 8.00. The number of hydrogen-bond donors (Lipinski definition) is 1. The molecule has 1 aliphatic heterocycles. The Hall–Kier alpha value is -0.680. The Labute approximate surface area is 75.5 Å². The van der Waals surface area contributed by atoms with Crippen molar-refractivity contribution in [2.24, 2.45) is 7.05 Å². The molecule has 1 aromatic rings. The van der Waals surface area contributed by atoms with E-state index in [1.165, 1.54) is 0 Å². The molecular weight excluding hydrogens is 174 g/mol. The molecular formula is C7H11N3OS. The van der Waals surface area contributed by atoms with Crippen LogP contribution >= 0.6 is 12.2 Å². The number of nitrogens with zero attached hydrogens (tertiary/aromatic N) is 2. The van der Waals surface area contributed by atoms with E-state index in [0.717, 1.165) is 25.3 Å². The van der Waals surface area contributed by atoms with Crippen LogP contribution in [0.15, 0.2) is 0 Å². The van der Waals surface area contributed by atoms with E-state index in [-0.39, 0.29) is 6.10 Å². The number of hydrogen-bond acceptors (Lipinski definition) is 3. The molecule has 1 atom stereocenters. The van der Waals surface area contributed by atoms with Crippen molar-refractivity contribution in [2.45, 2.75) is 18.9 Å². The van der Waals surface area contributed by atoms with Crippen LogP contribution in [-0.4, -0.2) is 21.4 Å². The minimum absolute atomic E-state index is 0.142. The first-order chi connectivity index (χ1) is 5.79. The lowest BCUT2D eigenvalue weighted by molar-refractivity contribution is 0.102. The molecule has 4 nitrogen and oxygen atoms in total. The van der Waals surface area contributed by atoms with Crippen LogP contribution in [0.4, 0.5) is 0 Å². The fourth-order valence-electron chi connectivity index (χ4n) is 1.43. The van der Waals surface area contributed by atoms with Crippen LogP contribution in [0.3, 0.4) is 0 Å². The topological polar surface area (TPSA) is 42.8 Å². The minimum atomic E-state index is 0.142. The molecule has 5 heteroatoms. The van der Waals surface area contributed by atoms with E-state index < -0.39 is 0 Å². The molecule has 0 bridgehead atoms. The lowest BCUT2D eigenvalue weighted by Gasteiger charge is -2.06. The summed E-state index contributed by atoms with van der Waals surface area (Å²) >= 11 is 5.00. The van der Waals surface area contributed by atoms with Crippen LogP contribution in [0.25, 0.3) is 0 Å². The van der Waals surface area contributed by atoms with Crippen molar-refractivity contribution >= 4 is 12.2 Å². The van der Waals surface area contributed by atoms with Crippen LogP contribution in [0, 0.1) is 4.77 Å². The van der Waals surface area contributed by atoms with Crippen molar-refractivity contribution < 1.29 is 4.74 Å². The third kappa shape index (κ3) is 1.19. The highest BCUT2D eigenvalue weighted by Gasteiger charge is 2.21. The first-order valence-electron chi connectivity index (χ1n) is 4.02. The first kappa shape index (κ1) is 7.94. The SMILES string of the molecule is Cn1c([C@H]2CCCO2)n[nH]c1=S. The summed E-state index contributed by atoms with van der Waals surface area (Å²) in [6.45, 7) is 0.838. The van der Waals surface area contributed by atoms with E-state index in [2.05, 4.69) is 10.2 Å². The van der Waals surface area contributed by atoms with Crippen LogP contribution in [0.2, 0.25) is 0 Å². The lowest BCUT2D eigenvalue weighted by Crippen LogP contribution is -2.04. The summed E-state index contributed by atoms with van der Waals surface area (Å²) in [5.41, 5.74) is 0. The number of ether oxygens (including phenoxy) is 1. The van der Waals surface area contributed by atoms with Gasteiger partial charge in [0.25, 0.3) is 0 Å². The summed E-state index contributed by atoms with van der Waals surface area (Å²) in [4.78, 5) is 0. The molecule has 0 aliphatic carbocycles. The van der Waals surface area contributed by atoms with E-state index in [1.54, 1.807) is 0 Å². The van der Waals surface area contributed by atoms with Crippen LogP contribution < -0.4 is 0 Å². The molecule has 0 amide bonds. The van der Waals surface area contributed by atoms with Crippen LogP contribution in [-0.2, 0) is 11.8 Å². The van der Waals surface area contributed by atoms with Crippen molar-refractivity contribution in [2.75, 3.05) is 6.61 Å². The molecule has 0 unspecified atom stereocenters. The van der Waals surface area contributed by atoms with Crippen LogP contribution in [0.1, 0.15) is 24.8 Å². The quantitative estimate of drug-likeness (QED) is 0.671. The molecule has 1 aliphatic rings. The zero-order valence-corrected chi connectivity index (χ0v) is 7.73. The molecule has 12 heavy (non-hydrogen) atoms. The maximum Gasteiger partial charge on any atom is 0.194 e. The summed E-state index contributed by atoms with van der Waals surface area (Å²) in [6, 6.07) is 0. The highest BCUT2D eigenvalue weighted by molar-refractivity contribution is 7.71. The lowest BCUT2D eigenvalue weighted by atomic mass is 10.2. The van der Waals surface area contributed by atoms with Crippen molar-refractivity contribution in [3.8, 4) is 0 Å². The highest BCUT2D eigenvalue weighted by Crippen LogP contribution is 2.26. The van der Waals surface area contributed by atoms with Crippen molar-refractivity contribution in [1.82, 2.24) is 14.8 Å². The first-order valence-corrected chi connectivity index (χ1v) is 4.43. The predicted molar refractivity (Wildman–Crippen MR) is 46.3 cm³/mol. The van der Waals surface area contributed by atoms with Gasteiger partial charge in [-0.2, -0.15) is 5.10 Å². The monoisotopic (exact) mass is 185 g/mol. The molecule has 0 spiro atoms. The zero-order chi connectivity index (χ0) is 8.55. The van der Waals surface area contributed by atoms with Gasteiger partial charge in [0.15, 0.2) is 10.6 Å².